The van der Waals surface area contributed by atoms with Crippen LogP contribution in [0.1, 0.15) is 22.5 Å². The summed E-state index contributed by atoms with van der Waals surface area (Å²) in [7, 11) is 0. The maximum absolute atomic E-state index is 12.9. The number of hydrogen-bond donors (Lipinski definition) is 3. The van der Waals surface area contributed by atoms with Crippen LogP contribution in [-0.2, 0) is 11.3 Å². The van der Waals surface area contributed by atoms with Gasteiger partial charge >= 0.3 is 6.03 Å². The van der Waals surface area contributed by atoms with E-state index in [1.165, 1.54) is 0 Å². The van der Waals surface area contributed by atoms with Gasteiger partial charge in [0.2, 0.25) is 5.91 Å². The highest BCUT2D eigenvalue weighted by molar-refractivity contribution is 6.06. The highest BCUT2D eigenvalue weighted by Gasteiger charge is 2.26. The summed E-state index contributed by atoms with van der Waals surface area (Å²) in [4.78, 5) is 48.0. The van der Waals surface area contributed by atoms with Crippen molar-refractivity contribution in [1.82, 2.24) is 30.4 Å². The van der Waals surface area contributed by atoms with E-state index in [4.69, 9.17) is 0 Å². The van der Waals surface area contributed by atoms with Gasteiger partial charge in [0.15, 0.2) is 0 Å². The summed E-state index contributed by atoms with van der Waals surface area (Å²) in [6, 6.07) is 13.0. The van der Waals surface area contributed by atoms with Crippen molar-refractivity contribution in [3.63, 3.8) is 0 Å². The Morgan fingerprint density at radius 2 is 1.69 bits per heavy atom. The summed E-state index contributed by atoms with van der Waals surface area (Å²) in [5, 5.41) is 6.46. The van der Waals surface area contributed by atoms with Crippen molar-refractivity contribution in [3.05, 3.63) is 66.1 Å². The van der Waals surface area contributed by atoms with E-state index in [2.05, 4.69) is 20.6 Å². The number of benzene rings is 1. The van der Waals surface area contributed by atoms with E-state index in [0.717, 1.165) is 16.6 Å². The first kappa shape index (κ1) is 21.4. The average molecular weight is 435 g/mol. The molecule has 32 heavy (non-hydrogen) atoms. The third-order valence-corrected chi connectivity index (χ3v) is 5.49. The van der Waals surface area contributed by atoms with Gasteiger partial charge in [0.05, 0.1) is 17.8 Å². The monoisotopic (exact) mass is 434 g/mol. The SMILES string of the molecule is O=C(CCNC(=O)N1CCN(C(=O)c2c[nH]c3ccccc23)CC1)NCc1ccccn1. The number of rotatable bonds is 6. The van der Waals surface area contributed by atoms with Crippen LogP contribution in [0.5, 0.6) is 0 Å². The van der Waals surface area contributed by atoms with E-state index < -0.39 is 0 Å². The molecule has 4 rings (SSSR count). The molecule has 0 saturated carbocycles. The quantitative estimate of drug-likeness (QED) is 0.549. The Labute approximate surface area is 185 Å². The standard InChI is InChI=1S/C23H26N6O3/c30-21(27-15-17-5-3-4-9-24-17)8-10-25-23(32)29-13-11-28(12-14-29)22(31)19-16-26-20-7-2-1-6-18(19)20/h1-7,9,16,26H,8,10-15H2,(H,25,32)(H,27,30). The molecule has 0 spiro atoms. The molecule has 0 unspecified atom stereocenters. The molecular formula is C23H26N6O3. The van der Waals surface area contributed by atoms with E-state index in [0.29, 0.717) is 38.3 Å². The van der Waals surface area contributed by atoms with Crippen molar-refractivity contribution in [1.29, 1.82) is 0 Å². The largest absolute Gasteiger partial charge is 0.360 e. The molecule has 0 aliphatic carbocycles. The van der Waals surface area contributed by atoms with Gasteiger partial charge in [-0.05, 0) is 18.2 Å². The van der Waals surface area contributed by atoms with Gasteiger partial charge in [-0.1, -0.05) is 24.3 Å². The third kappa shape index (κ3) is 5.05. The minimum Gasteiger partial charge on any atom is -0.360 e. The van der Waals surface area contributed by atoms with E-state index in [1.807, 2.05) is 42.5 Å². The summed E-state index contributed by atoms with van der Waals surface area (Å²) >= 11 is 0. The van der Waals surface area contributed by atoms with E-state index in [9.17, 15) is 14.4 Å². The highest BCUT2D eigenvalue weighted by atomic mass is 16.2. The predicted molar refractivity (Wildman–Crippen MR) is 120 cm³/mol. The van der Waals surface area contributed by atoms with Gasteiger partial charge in [-0.15, -0.1) is 0 Å². The number of fused-ring (bicyclic) bond motifs is 1. The molecule has 1 saturated heterocycles. The van der Waals surface area contributed by atoms with Crippen LogP contribution in [0, 0.1) is 0 Å². The summed E-state index contributed by atoms with van der Waals surface area (Å²) < 4.78 is 0. The van der Waals surface area contributed by atoms with Gasteiger partial charge < -0.3 is 25.4 Å². The first-order chi connectivity index (χ1) is 15.6. The number of amides is 4. The molecule has 9 heteroatoms. The zero-order valence-electron chi connectivity index (χ0n) is 17.7. The van der Waals surface area contributed by atoms with Gasteiger partial charge in [-0.25, -0.2) is 4.79 Å². The van der Waals surface area contributed by atoms with Crippen molar-refractivity contribution in [2.75, 3.05) is 32.7 Å². The molecule has 4 amide bonds. The fraction of sp³-hybridized carbons (Fsp3) is 0.304. The number of nitrogens with zero attached hydrogens (tertiary/aromatic N) is 3. The van der Waals surface area contributed by atoms with E-state index in [1.54, 1.807) is 22.2 Å². The van der Waals surface area contributed by atoms with Crippen LogP contribution in [0.2, 0.25) is 0 Å². The maximum atomic E-state index is 12.9. The van der Waals surface area contributed by atoms with Gasteiger partial charge in [-0.2, -0.15) is 0 Å². The molecule has 1 aliphatic rings. The fourth-order valence-electron chi connectivity index (χ4n) is 3.71. The number of aromatic nitrogens is 2. The second kappa shape index (κ2) is 9.95. The number of urea groups is 1. The minimum atomic E-state index is -0.221. The number of pyridine rings is 1. The summed E-state index contributed by atoms with van der Waals surface area (Å²) in [5.74, 6) is -0.183. The number of nitrogens with one attached hydrogen (secondary N) is 3. The molecule has 2 aromatic heterocycles. The number of hydrogen-bond acceptors (Lipinski definition) is 4. The number of carbonyl (C=O) groups excluding carboxylic acids is 3. The molecular weight excluding hydrogens is 408 g/mol. The first-order valence-electron chi connectivity index (χ1n) is 10.7. The molecule has 166 valence electrons. The van der Waals surface area contributed by atoms with Gasteiger partial charge in [0.25, 0.3) is 5.91 Å². The number of H-pyrrole nitrogens is 1. The molecule has 1 aromatic carbocycles. The van der Waals surface area contributed by atoms with Crippen molar-refractivity contribution >= 4 is 28.7 Å². The molecule has 0 bridgehead atoms. The Kier molecular flexibility index (Phi) is 6.64. The van der Waals surface area contributed by atoms with E-state index in [-0.39, 0.29) is 30.8 Å². The third-order valence-electron chi connectivity index (χ3n) is 5.49. The van der Waals surface area contributed by atoms with Crippen LogP contribution in [0.3, 0.4) is 0 Å². The molecule has 1 fully saturated rings. The highest BCUT2D eigenvalue weighted by Crippen LogP contribution is 2.20. The van der Waals surface area contributed by atoms with E-state index >= 15 is 0 Å². The predicted octanol–water partition coefficient (Wildman–Crippen LogP) is 1.74. The first-order valence-corrected chi connectivity index (χ1v) is 10.7. The fourth-order valence-corrected chi connectivity index (χ4v) is 3.71. The maximum Gasteiger partial charge on any atom is 0.317 e. The lowest BCUT2D eigenvalue weighted by Crippen LogP contribution is -2.53. The Hall–Kier alpha value is -3.88. The minimum absolute atomic E-state index is 0.0351. The Morgan fingerprint density at radius 3 is 2.47 bits per heavy atom. The molecule has 1 aliphatic heterocycles. The number of para-hydroxylation sites is 1. The number of carbonyl (C=O) groups is 3. The zero-order chi connectivity index (χ0) is 22.3. The summed E-state index contributed by atoms with van der Waals surface area (Å²) in [5.41, 5.74) is 2.36. The Morgan fingerprint density at radius 1 is 0.938 bits per heavy atom. The zero-order valence-corrected chi connectivity index (χ0v) is 17.7. The second-order valence-corrected chi connectivity index (χ2v) is 7.61. The van der Waals surface area contributed by atoms with Crippen LogP contribution in [0.4, 0.5) is 4.79 Å². The van der Waals surface area contributed by atoms with Crippen LogP contribution < -0.4 is 10.6 Å². The van der Waals surface area contributed by atoms with Gasteiger partial charge in [-0.3, -0.25) is 14.6 Å². The lowest BCUT2D eigenvalue weighted by atomic mass is 10.1. The van der Waals surface area contributed by atoms with Crippen LogP contribution in [-0.4, -0.2) is 70.3 Å². The molecule has 3 aromatic rings. The lowest BCUT2D eigenvalue weighted by Gasteiger charge is -2.34. The molecule has 0 atom stereocenters. The van der Waals surface area contributed by atoms with Crippen LogP contribution in [0.25, 0.3) is 10.9 Å². The summed E-state index contributed by atoms with van der Waals surface area (Å²) in [6.45, 7) is 2.45. The van der Waals surface area contributed by atoms with Crippen molar-refractivity contribution in [3.8, 4) is 0 Å². The summed E-state index contributed by atoms with van der Waals surface area (Å²) in [6.07, 6.45) is 3.61. The average Bonchev–Trinajstić information content (AvgIpc) is 3.27. The van der Waals surface area contributed by atoms with Crippen LogP contribution >= 0.6 is 0 Å². The smallest absolute Gasteiger partial charge is 0.317 e. The van der Waals surface area contributed by atoms with Crippen molar-refractivity contribution in [2.24, 2.45) is 0 Å². The normalized spacial score (nSPS) is 13.8. The molecule has 3 heterocycles. The lowest BCUT2D eigenvalue weighted by molar-refractivity contribution is -0.121. The Balaban J connectivity index is 1.18. The Bertz CT molecular complexity index is 1090. The van der Waals surface area contributed by atoms with Crippen molar-refractivity contribution in [2.45, 2.75) is 13.0 Å². The van der Waals surface area contributed by atoms with Crippen LogP contribution in [0.15, 0.2) is 54.9 Å². The molecule has 3 N–H and O–H groups in total. The molecule has 9 nitrogen and oxygen atoms in total. The van der Waals surface area contributed by atoms with Crippen molar-refractivity contribution < 1.29 is 14.4 Å². The topological polar surface area (TPSA) is 110 Å². The number of piperazine rings is 1. The second-order valence-electron chi connectivity index (χ2n) is 7.61. The molecule has 0 radical (unpaired) electrons. The van der Waals surface area contributed by atoms with Gasteiger partial charge in [0.1, 0.15) is 0 Å². The number of aromatic amines is 1. The van der Waals surface area contributed by atoms with Gasteiger partial charge in [0, 0.05) is 62.4 Å².